The highest BCUT2D eigenvalue weighted by molar-refractivity contribution is 5.93. The summed E-state index contributed by atoms with van der Waals surface area (Å²) < 4.78 is 5.78. The molecule has 0 unspecified atom stereocenters. The summed E-state index contributed by atoms with van der Waals surface area (Å²) in [6.07, 6.45) is 6.45. The Morgan fingerprint density at radius 2 is 1.61 bits per heavy atom. The lowest BCUT2D eigenvalue weighted by Gasteiger charge is -2.38. The lowest BCUT2D eigenvalue weighted by atomic mass is 9.66. The Balaban J connectivity index is 1.43. The summed E-state index contributed by atoms with van der Waals surface area (Å²) in [5.74, 6) is 0.477. The van der Waals surface area contributed by atoms with E-state index < -0.39 is 10.8 Å². The highest BCUT2D eigenvalue weighted by Crippen LogP contribution is 2.56. The summed E-state index contributed by atoms with van der Waals surface area (Å²) in [6.45, 7) is 2.65. The van der Waals surface area contributed by atoms with Crippen LogP contribution in [0.25, 0.3) is 0 Å². The molecule has 0 radical (unpaired) electrons. The minimum Gasteiger partial charge on any atom is -0.508 e. The smallest absolute Gasteiger partial charge is 0.409 e. The number of rotatable bonds is 8. The van der Waals surface area contributed by atoms with Gasteiger partial charge in [0.15, 0.2) is 0 Å². The van der Waals surface area contributed by atoms with Gasteiger partial charge in [-0.1, -0.05) is 67.3 Å². The quantitative estimate of drug-likeness (QED) is 0.552. The van der Waals surface area contributed by atoms with Gasteiger partial charge in [-0.15, -0.1) is 0 Å². The summed E-state index contributed by atoms with van der Waals surface area (Å²) in [5.41, 5.74) is 2.00. The van der Waals surface area contributed by atoms with E-state index in [-0.39, 0.29) is 24.2 Å². The fourth-order valence-electron chi connectivity index (χ4n) is 5.23. The monoisotopic (exact) mass is 449 g/mol. The van der Waals surface area contributed by atoms with Gasteiger partial charge in [0, 0.05) is 19.0 Å². The van der Waals surface area contributed by atoms with Crippen LogP contribution in [0.15, 0.2) is 48.5 Å². The number of hydrogen-bond donors (Lipinski definition) is 1. The van der Waals surface area contributed by atoms with Crippen LogP contribution in [0, 0.1) is 17.8 Å². The van der Waals surface area contributed by atoms with Crippen molar-refractivity contribution in [2.75, 3.05) is 13.7 Å². The molecule has 2 aromatic rings. The molecule has 0 aliphatic heterocycles. The van der Waals surface area contributed by atoms with Crippen LogP contribution in [0.5, 0.6) is 5.75 Å². The van der Waals surface area contributed by atoms with E-state index in [1.807, 2.05) is 43.3 Å². The normalized spacial score (nSPS) is 18.4. The zero-order chi connectivity index (χ0) is 23.5. The lowest BCUT2D eigenvalue weighted by Crippen LogP contribution is -2.44. The third-order valence-electron chi connectivity index (χ3n) is 7.47. The summed E-state index contributed by atoms with van der Waals surface area (Å²) in [7, 11) is 1.73. The van der Waals surface area contributed by atoms with Crippen molar-refractivity contribution in [3.63, 3.8) is 0 Å². The van der Waals surface area contributed by atoms with Gasteiger partial charge in [-0.05, 0) is 56.2 Å². The highest BCUT2D eigenvalue weighted by atomic mass is 16.6. The van der Waals surface area contributed by atoms with Gasteiger partial charge in [0.2, 0.25) is 0 Å². The molecular formula is C28H35NO4. The number of para-hydroxylation sites is 1. The Morgan fingerprint density at radius 1 is 0.939 bits per heavy atom. The van der Waals surface area contributed by atoms with Crippen molar-refractivity contribution in [3.05, 3.63) is 65.2 Å². The fraction of sp³-hybridized carbons (Fsp3) is 0.500. The molecule has 4 rings (SSSR count). The zero-order valence-electron chi connectivity index (χ0n) is 19.8. The number of carbonyl (C=O) groups excluding carboxylic acids is 2. The van der Waals surface area contributed by atoms with Crippen LogP contribution in [0.1, 0.15) is 61.6 Å². The number of ketones is 1. The first kappa shape index (κ1) is 23.3. The molecule has 0 aromatic heterocycles. The average Bonchev–Trinajstić information content (AvgIpc) is 3.61. The van der Waals surface area contributed by atoms with Crippen LogP contribution in [0.2, 0.25) is 0 Å². The van der Waals surface area contributed by atoms with E-state index in [1.165, 1.54) is 5.56 Å². The zero-order valence-corrected chi connectivity index (χ0v) is 19.8. The van der Waals surface area contributed by atoms with E-state index in [0.29, 0.717) is 13.0 Å². The van der Waals surface area contributed by atoms with Crippen LogP contribution in [-0.2, 0) is 22.5 Å². The summed E-state index contributed by atoms with van der Waals surface area (Å²) in [4.78, 5) is 28.3. The van der Waals surface area contributed by atoms with Gasteiger partial charge in [0.1, 0.15) is 18.1 Å². The summed E-state index contributed by atoms with van der Waals surface area (Å²) >= 11 is 0. The molecule has 2 aliphatic rings. The summed E-state index contributed by atoms with van der Waals surface area (Å²) in [5, 5.41) is 10.2. The van der Waals surface area contributed by atoms with Crippen molar-refractivity contribution in [1.82, 2.24) is 4.90 Å². The number of carbonyl (C=O) groups is 2. The molecule has 1 N–H and O–H groups in total. The number of benzene rings is 2. The number of aryl methyl sites for hydroxylation is 1. The third-order valence-corrected chi connectivity index (χ3v) is 7.47. The molecule has 0 saturated heterocycles. The van der Waals surface area contributed by atoms with Gasteiger partial charge in [-0.2, -0.15) is 0 Å². The van der Waals surface area contributed by atoms with Gasteiger partial charge in [-0.25, -0.2) is 4.79 Å². The molecule has 2 saturated carbocycles. The predicted molar refractivity (Wildman–Crippen MR) is 128 cm³/mol. The Hall–Kier alpha value is -2.82. The van der Waals surface area contributed by atoms with E-state index in [1.54, 1.807) is 24.1 Å². The number of hydrogen-bond acceptors (Lipinski definition) is 4. The van der Waals surface area contributed by atoms with Crippen LogP contribution in [0.3, 0.4) is 0 Å². The molecule has 0 heterocycles. The Morgan fingerprint density at radius 3 is 2.24 bits per heavy atom. The van der Waals surface area contributed by atoms with Crippen molar-refractivity contribution >= 4 is 11.9 Å². The number of aromatic hydroxyl groups is 1. The predicted octanol–water partition coefficient (Wildman–Crippen LogP) is 5.81. The standard InChI is InChI=1S/C28H35NO4/c1-21-10-12-22(13-11-21)19-29(2)26(32)33-20-28(14-6-3-7-15-28)25(31)27(16-17-27)18-23-8-4-5-9-24(23)30/h4-5,8-13,30H,3,6-7,14-20H2,1-2H3. The molecule has 0 atom stereocenters. The minimum atomic E-state index is -0.612. The van der Waals surface area contributed by atoms with E-state index in [4.69, 9.17) is 4.74 Å². The van der Waals surface area contributed by atoms with Crippen LogP contribution in [-0.4, -0.2) is 35.5 Å². The SMILES string of the molecule is Cc1ccc(CN(C)C(=O)OCC2(C(=O)C3(Cc4ccccc4O)CC3)CCCCC2)cc1. The number of amides is 1. The first-order chi connectivity index (χ1) is 15.8. The molecule has 0 spiro atoms. The number of phenolic OH excluding ortho intramolecular Hbond substituents is 1. The molecule has 2 aromatic carbocycles. The maximum absolute atomic E-state index is 13.9. The largest absolute Gasteiger partial charge is 0.508 e. The van der Waals surface area contributed by atoms with Gasteiger partial charge >= 0.3 is 6.09 Å². The molecule has 0 bridgehead atoms. The van der Waals surface area contributed by atoms with E-state index in [9.17, 15) is 14.7 Å². The van der Waals surface area contributed by atoms with Gasteiger partial charge in [-0.3, -0.25) is 4.79 Å². The molecule has 2 fully saturated rings. The first-order valence-corrected chi connectivity index (χ1v) is 12.1. The fourth-order valence-corrected chi connectivity index (χ4v) is 5.23. The van der Waals surface area contributed by atoms with Crippen LogP contribution in [0.4, 0.5) is 4.79 Å². The van der Waals surface area contributed by atoms with Crippen LogP contribution < -0.4 is 0 Å². The van der Waals surface area contributed by atoms with Gasteiger partial charge in [0.05, 0.1) is 5.41 Å². The topological polar surface area (TPSA) is 66.8 Å². The minimum absolute atomic E-state index is 0.144. The molecule has 176 valence electrons. The average molecular weight is 450 g/mol. The van der Waals surface area contributed by atoms with Crippen molar-refractivity contribution in [1.29, 1.82) is 0 Å². The number of Topliss-reactive ketones (excluding diaryl/α,β-unsaturated/α-hetero) is 1. The van der Waals surface area contributed by atoms with Crippen LogP contribution >= 0.6 is 0 Å². The highest BCUT2D eigenvalue weighted by Gasteiger charge is 2.57. The molecule has 5 nitrogen and oxygen atoms in total. The van der Waals surface area contributed by atoms with Gasteiger partial charge < -0.3 is 14.7 Å². The molecule has 2 aliphatic carbocycles. The maximum atomic E-state index is 13.9. The second-order valence-electron chi connectivity index (χ2n) is 10.2. The van der Waals surface area contributed by atoms with E-state index in [0.717, 1.165) is 56.1 Å². The first-order valence-electron chi connectivity index (χ1n) is 12.1. The van der Waals surface area contributed by atoms with Crippen molar-refractivity contribution < 1.29 is 19.4 Å². The van der Waals surface area contributed by atoms with E-state index in [2.05, 4.69) is 0 Å². The molecule has 1 amide bonds. The Bertz CT molecular complexity index is 987. The molecule has 5 heteroatoms. The summed E-state index contributed by atoms with van der Waals surface area (Å²) in [6, 6.07) is 15.4. The second kappa shape index (κ2) is 9.58. The molecule has 33 heavy (non-hydrogen) atoms. The number of phenols is 1. The third kappa shape index (κ3) is 5.23. The Labute approximate surface area is 196 Å². The lowest BCUT2D eigenvalue weighted by molar-refractivity contribution is -0.139. The van der Waals surface area contributed by atoms with Crippen molar-refractivity contribution in [2.24, 2.45) is 10.8 Å². The van der Waals surface area contributed by atoms with E-state index >= 15 is 0 Å². The van der Waals surface area contributed by atoms with Gasteiger partial charge in [0.25, 0.3) is 0 Å². The second-order valence-corrected chi connectivity index (χ2v) is 10.2. The number of nitrogens with zero attached hydrogens (tertiary/aromatic N) is 1. The number of ether oxygens (including phenoxy) is 1. The molecular weight excluding hydrogens is 414 g/mol. The van der Waals surface area contributed by atoms with Crippen molar-refractivity contribution in [3.8, 4) is 5.75 Å². The maximum Gasteiger partial charge on any atom is 0.409 e. The van der Waals surface area contributed by atoms with Crippen molar-refractivity contribution in [2.45, 2.75) is 64.8 Å². The Kier molecular flexibility index (Phi) is 6.78.